The number of nitrogens with zero attached hydrogens (tertiary/aromatic N) is 2. The van der Waals surface area contributed by atoms with Gasteiger partial charge in [0, 0.05) is 32.2 Å². The first-order chi connectivity index (χ1) is 6.81. The summed E-state index contributed by atoms with van der Waals surface area (Å²) in [5.74, 6) is 0. The molecular weight excluding hydrogens is 172 g/mol. The van der Waals surface area contributed by atoms with Gasteiger partial charge in [0.25, 0.3) is 0 Å². The van der Waals surface area contributed by atoms with E-state index in [9.17, 15) is 0 Å². The van der Waals surface area contributed by atoms with E-state index in [0.717, 1.165) is 6.04 Å². The summed E-state index contributed by atoms with van der Waals surface area (Å²) in [7, 11) is 0. The first-order valence-corrected chi connectivity index (χ1v) is 6.28. The third-order valence-corrected chi connectivity index (χ3v) is 3.46. The minimum atomic E-state index is 0.846. The molecule has 1 saturated heterocycles. The molecule has 0 aromatic carbocycles. The number of piperazine rings is 1. The summed E-state index contributed by atoms with van der Waals surface area (Å²) in [5, 5.41) is 0. The normalized spacial score (nSPS) is 22.5. The molecule has 0 bridgehead atoms. The van der Waals surface area contributed by atoms with E-state index >= 15 is 0 Å². The van der Waals surface area contributed by atoms with Gasteiger partial charge in [0.1, 0.15) is 0 Å². The lowest BCUT2D eigenvalue weighted by Crippen LogP contribution is -2.49. The second-order valence-electron chi connectivity index (χ2n) is 4.32. The Bertz CT molecular complexity index is 139. The van der Waals surface area contributed by atoms with Crippen molar-refractivity contribution in [1.82, 2.24) is 9.80 Å². The quantitative estimate of drug-likeness (QED) is 0.668. The van der Waals surface area contributed by atoms with Crippen LogP contribution in [0.5, 0.6) is 0 Å². The summed E-state index contributed by atoms with van der Waals surface area (Å²) in [4.78, 5) is 5.24. The summed E-state index contributed by atoms with van der Waals surface area (Å²) < 4.78 is 0. The Hall–Kier alpha value is -0.0800. The van der Waals surface area contributed by atoms with E-state index in [1.54, 1.807) is 0 Å². The fourth-order valence-corrected chi connectivity index (χ4v) is 2.42. The van der Waals surface area contributed by atoms with Crippen molar-refractivity contribution in [1.29, 1.82) is 0 Å². The van der Waals surface area contributed by atoms with Crippen LogP contribution >= 0.6 is 0 Å². The molecule has 0 aromatic rings. The molecule has 1 aliphatic heterocycles. The molecule has 1 heterocycles. The Morgan fingerprint density at radius 3 is 2.07 bits per heavy atom. The van der Waals surface area contributed by atoms with Crippen molar-refractivity contribution >= 4 is 0 Å². The predicted molar refractivity (Wildman–Crippen MR) is 62.7 cm³/mol. The summed E-state index contributed by atoms with van der Waals surface area (Å²) in [6.07, 6.45) is 4.02. The third kappa shape index (κ3) is 3.25. The summed E-state index contributed by atoms with van der Waals surface area (Å²) in [6, 6.07) is 0.846. The van der Waals surface area contributed by atoms with Gasteiger partial charge < -0.3 is 4.90 Å². The summed E-state index contributed by atoms with van der Waals surface area (Å²) in [5.41, 5.74) is 0. The molecule has 0 N–H and O–H groups in total. The third-order valence-electron chi connectivity index (χ3n) is 3.46. The Balaban J connectivity index is 2.31. The smallest absolute Gasteiger partial charge is 0.0113 e. The predicted octanol–water partition coefficient (Wildman–Crippen LogP) is 2.20. The Morgan fingerprint density at radius 1 is 1.00 bits per heavy atom. The van der Waals surface area contributed by atoms with E-state index in [4.69, 9.17) is 0 Å². The van der Waals surface area contributed by atoms with Crippen LogP contribution in [0.4, 0.5) is 0 Å². The maximum Gasteiger partial charge on any atom is 0.0113 e. The van der Waals surface area contributed by atoms with Crippen molar-refractivity contribution in [3.05, 3.63) is 0 Å². The maximum absolute atomic E-state index is 2.69. The standard InChI is InChI=1S/C12H26N2/c1-4-7-12(5-2)14-10-8-13(6-3)9-11-14/h12H,4-11H2,1-3H3/t12-/m0/s1. The van der Waals surface area contributed by atoms with Crippen LogP contribution in [0.1, 0.15) is 40.0 Å². The highest BCUT2D eigenvalue weighted by molar-refractivity contribution is 4.77. The zero-order valence-corrected chi connectivity index (χ0v) is 10.1. The molecular formula is C12H26N2. The minimum absolute atomic E-state index is 0.846. The molecule has 0 aliphatic carbocycles. The van der Waals surface area contributed by atoms with Crippen molar-refractivity contribution in [2.75, 3.05) is 32.7 Å². The molecule has 2 nitrogen and oxygen atoms in total. The highest BCUT2D eigenvalue weighted by atomic mass is 15.3. The van der Waals surface area contributed by atoms with Crippen molar-refractivity contribution in [3.63, 3.8) is 0 Å². The van der Waals surface area contributed by atoms with Gasteiger partial charge in [0.2, 0.25) is 0 Å². The van der Waals surface area contributed by atoms with Gasteiger partial charge in [-0.15, -0.1) is 0 Å². The molecule has 0 unspecified atom stereocenters. The first kappa shape index (κ1) is 12.0. The molecule has 1 rings (SSSR count). The maximum atomic E-state index is 2.69. The zero-order valence-electron chi connectivity index (χ0n) is 10.1. The fourth-order valence-electron chi connectivity index (χ4n) is 2.42. The topological polar surface area (TPSA) is 6.48 Å². The van der Waals surface area contributed by atoms with E-state index in [1.165, 1.54) is 52.0 Å². The molecule has 0 saturated carbocycles. The van der Waals surface area contributed by atoms with Crippen molar-refractivity contribution in [3.8, 4) is 0 Å². The molecule has 84 valence electrons. The molecule has 0 radical (unpaired) electrons. The SMILES string of the molecule is CCC[C@H](CC)N1CCN(CC)CC1. The Kier molecular flexibility index (Phi) is 5.49. The van der Waals surface area contributed by atoms with Gasteiger partial charge in [-0.2, -0.15) is 0 Å². The minimum Gasteiger partial charge on any atom is -0.301 e. The van der Waals surface area contributed by atoms with Crippen molar-refractivity contribution in [2.45, 2.75) is 46.1 Å². The highest BCUT2D eigenvalue weighted by Gasteiger charge is 2.20. The number of hydrogen-bond acceptors (Lipinski definition) is 2. The van der Waals surface area contributed by atoms with Crippen LogP contribution in [0.15, 0.2) is 0 Å². The zero-order chi connectivity index (χ0) is 10.4. The van der Waals surface area contributed by atoms with Crippen molar-refractivity contribution < 1.29 is 0 Å². The number of hydrogen-bond donors (Lipinski definition) is 0. The fraction of sp³-hybridized carbons (Fsp3) is 1.00. The van der Waals surface area contributed by atoms with Crippen LogP contribution in [0.25, 0.3) is 0 Å². The largest absolute Gasteiger partial charge is 0.301 e. The molecule has 1 fully saturated rings. The van der Waals surface area contributed by atoms with Crippen LogP contribution in [-0.4, -0.2) is 48.6 Å². The lowest BCUT2D eigenvalue weighted by atomic mass is 10.1. The van der Waals surface area contributed by atoms with Crippen LogP contribution in [-0.2, 0) is 0 Å². The summed E-state index contributed by atoms with van der Waals surface area (Å²) >= 11 is 0. The van der Waals surface area contributed by atoms with Crippen LogP contribution in [0.3, 0.4) is 0 Å². The molecule has 1 aliphatic rings. The van der Waals surface area contributed by atoms with Gasteiger partial charge in [0.15, 0.2) is 0 Å². The lowest BCUT2D eigenvalue weighted by Gasteiger charge is -2.38. The highest BCUT2D eigenvalue weighted by Crippen LogP contribution is 2.13. The van der Waals surface area contributed by atoms with E-state index in [0.29, 0.717) is 0 Å². The van der Waals surface area contributed by atoms with E-state index in [-0.39, 0.29) is 0 Å². The molecule has 0 amide bonds. The Labute approximate surface area is 89.3 Å². The molecule has 14 heavy (non-hydrogen) atoms. The van der Waals surface area contributed by atoms with Gasteiger partial charge in [0.05, 0.1) is 0 Å². The summed E-state index contributed by atoms with van der Waals surface area (Å²) in [6.45, 7) is 13.2. The van der Waals surface area contributed by atoms with Gasteiger partial charge >= 0.3 is 0 Å². The van der Waals surface area contributed by atoms with Crippen LogP contribution < -0.4 is 0 Å². The monoisotopic (exact) mass is 198 g/mol. The molecule has 0 spiro atoms. The second-order valence-corrected chi connectivity index (χ2v) is 4.32. The molecule has 0 aromatic heterocycles. The van der Waals surface area contributed by atoms with Crippen LogP contribution in [0, 0.1) is 0 Å². The Morgan fingerprint density at radius 2 is 1.64 bits per heavy atom. The van der Waals surface area contributed by atoms with Crippen molar-refractivity contribution in [2.24, 2.45) is 0 Å². The number of likely N-dealkylation sites (N-methyl/N-ethyl adjacent to an activating group) is 1. The van der Waals surface area contributed by atoms with Gasteiger partial charge in [-0.05, 0) is 19.4 Å². The number of rotatable bonds is 5. The van der Waals surface area contributed by atoms with E-state index < -0.39 is 0 Å². The average molecular weight is 198 g/mol. The first-order valence-electron chi connectivity index (χ1n) is 6.28. The molecule has 1 atom stereocenters. The van der Waals surface area contributed by atoms with Gasteiger partial charge in [-0.25, -0.2) is 0 Å². The molecule has 2 heteroatoms. The van der Waals surface area contributed by atoms with Gasteiger partial charge in [-0.3, -0.25) is 4.90 Å². The average Bonchev–Trinajstić information content (AvgIpc) is 2.26. The second kappa shape index (κ2) is 6.41. The van der Waals surface area contributed by atoms with E-state index in [2.05, 4.69) is 30.6 Å². The van der Waals surface area contributed by atoms with Gasteiger partial charge in [-0.1, -0.05) is 27.2 Å². The lowest BCUT2D eigenvalue weighted by molar-refractivity contribution is 0.0929. The van der Waals surface area contributed by atoms with E-state index in [1.807, 2.05) is 0 Å². The van der Waals surface area contributed by atoms with Crippen LogP contribution in [0.2, 0.25) is 0 Å².